The van der Waals surface area contributed by atoms with Gasteiger partial charge in [-0.2, -0.15) is 0 Å². The SMILES string of the molecule is Cc1ccc2nc([C@@H]3CCCN3C(=O)CCC(C)C)[nH]c2c1. The van der Waals surface area contributed by atoms with E-state index in [0.717, 1.165) is 42.7 Å². The molecule has 0 bridgehead atoms. The summed E-state index contributed by atoms with van der Waals surface area (Å²) in [5.74, 6) is 1.78. The Balaban J connectivity index is 1.80. The number of rotatable bonds is 4. The van der Waals surface area contributed by atoms with Crippen LogP contribution in [-0.4, -0.2) is 27.3 Å². The lowest BCUT2D eigenvalue weighted by atomic mass is 10.1. The quantitative estimate of drug-likeness (QED) is 0.928. The van der Waals surface area contributed by atoms with Crippen LogP contribution in [-0.2, 0) is 4.79 Å². The molecule has 0 spiro atoms. The largest absolute Gasteiger partial charge is 0.340 e. The van der Waals surface area contributed by atoms with Crippen molar-refractivity contribution in [3.63, 3.8) is 0 Å². The second-order valence-electron chi connectivity index (χ2n) is 6.82. The number of carbonyl (C=O) groups is 1. The number of nitrogens with one attached hydrogen (secondary N) is 1. The fourth-order valence-corrected chi connectivity index (χ4v) is 3.21. The second-order valence-corrected chi connectivity index (χ2v) is 6.82. The normalized spacial score (nSPS) is 18.5. The number of likely N-dealkylation sites (tertiary alicyclic amines) is 1. The zero-order chi connectivity index (χ0) is 15.7. The molecule has 1 aromatic carbocycles. The zero-order valence-corrected chi connectivity index (χ0v) is 13.7. The fourth-order valence-electron chi connectivity index (χ4n) is 3.21. The van der Waals surface area contributed by atoms with Crippen molar-refractivity contribution >= 4 is 16.9 Å². The van der Waals surface area contributed by atoms with Crippen LogP contribution in [0.2, 0.25) is 0 Å². The molecule has 1 saturated heterocycles. The van der Waals surface area contributed by atoms with Gasteiger partial charge in [0.15, 0.2) is 0 Å². The molecule has 118 valence electrons. The van der Waals surface area contributed by atoms with Gasteiger partial charge in [0.05, 0.1) is 17.1 Å². The molecule has 2 heterocycles. The number of hydrogen-bond acceptors (Lipinski definition) is 2. The average Bonchev–Trinajstić information content (AvgIpc) is 3.09. The molecule has 1 atom stereocenters. The lowest BCUT2D eigenvalue weighted by molar-refractivity contribution is -0.132. The van der Waals surface area contributed by atoms with Crippen LogP contribution in [0.5, 0.6) is 0 Å². The number of fused-ring (bicyclic) bond motifs is 1. The van der Waals surface area contributed by atoms with E-state index in [1.54, 1.807) is 0 Å². The number of benzene rings is 1. The van der Waals surface area contributed by atoms with E-state index < -0.39 is 0 Å². The first-order chi connectivity index (χ1) is 10.5. The predicted octanol–water partition coefficient (Wildman–Crippen LogP) is 3.97. The van der Waals surface area contributed by atoms with E-state index in [9.17, 15) is 4.79 Å². The summed E-state index contributed by atoms with van der Waals surface area (Å²) in [4.78, 5) is 22.6. The number of H-pyrrole nitrogens is 1. The number of aromatic amines is 1. The highest BCUT2D eigenvalue weighted by Gasteiger charge is 2.31. The van der Waals surface area contributed by atoms with Crippen LogP contribution in [0.4, 0.5) is 0 Å². The summed E-state index contributed by atoms with van der Waals surface area (Å²) in [5, 5.41) is 0. The molecular weight excluding hydrogens is 274 g/mol. The van der Waals surface area contributed by atoms with Gasteiger partial charge >= 0.3 is 0 Å². The minimum absolute atomic E-state index is 0.118. The van der Waals surface area contributed by atoms with Crippen LogP contribution in [0.3, 0.4) is 0 Å². The zero-order valence-electron chi connectivity index (χ0n) is 13.7. The Hall–Kier alpha value is -1.84. The fraction of sp³-hybridized carbons (Fsp3) is 0.556. The van der Waals surface area contributed by atoms with Gasteiger partial charge in [0.1, 0.15) is 5.82 Å². The highest BCUT2D eigenvalue weighted by molar-refractivity contribution is 5.78. The van der Waals surface area contributed by atoms with Gasteiger partial charge in [-0.15, -0.1) is 0 Å². The van der Waals surface area contributed by atoms with Crippen LogP contribution < -0.4 is 0 Å². The molecule has 22 heavy (non-hydrogen) atoms. The van der Waals surface area contributed by atoms with Gasteiger partial charge < -0.3 is 9.88 Å². The highest BCUT2D eigenvalue weighted by Crippen LogP contribution is 2.32. The molecule has 1 aliphatic heterocycles. The van der Waals surface area contributed by atoms with Crippen LogP contribution in [0, 0.1) is 12.8 Å². The molecule has 1 amide bonds. The van der Waals surface area contributed by atoms with Crippen molar-refractivity contribution in [2.24, 2.45) is 5.92 Å². The molecule has 0 unspecified atom stereocenters. The van der Waals surface area contributed by atoms with Crippen LogP contribution in [0.15, 0.2) is 18.2 Å². The van der Waals surface area contributed by atoms with Gasteiger partial charge in [-0.25, -0.2) is 4.98 Å². The lowest BCUT2D eigenvalue weighted by Gasteiger charge is -2.23. The highest BCUT2D eigenvalue weighted by atomic mass is 16.2. The lowest BCUT2D eigenvalue weighted by Crippen LogP contribution is -2.31. The Morgan fingerprint density at radius 1 is 1.45 bits per heavy atom. The Bertz CT molecular complexity index is 674. The van der Waals surface area contributed by atoms with Gasteiger partial charge in [0.2, 0.25) is 5.91 Å². The summed E-state index contributed by atoms with van der Waals surface area (Å²) in [5.41, 5.74) is 3.28. The number of carbonyl (C=O) groups excluding carboxylic acids is 1. The molecule has 1 fully saturated rings. The smallest absolute Gasteiger partial charge is 0.223 e. The number of hydrogen-bond donors (Lipinski definition) is 1. The monoisotopic (exact) mass is 299 g/mol. The third kappa shape index (κ3) is 3.01. The third-order valence-electron chi connectivity index (χ3n) is 4.48. The molecule has 1 aromatic heterocycles. The number of amides is 1. The predicted molar refractivity (Wildman–Crippen MR) is 88.6 cm³/mol. The standard InChI is InChI=1S/C18H25N3O/c1-12(2)6-9-17(22)21-10-4-5-16(21)18-19-14-8-7-13(3)11-15(14)20-18/h7-8,11-12,16H,4-6,9-10H2,1-3H3,(H,19,20)/t16-/m0/s1. The molecule has 4 heteroatoms. The molecule has 4 nitrogen and oxygen atoms in total. The first kappa shape index (κ1) is 15.1. The van der Waals surface area contributed by atoms with Crippen molar-refractivity contribution in [2.75, 3.05) is 6.54 Å². The summed E-state index contributed by atoms with van der Waals surface area (Å²) < 4.78 is 0. The average molecular weight is 299 g/mol. The van der Waals surface area contributed by atoms with Gasteiger partial charge in [0.25, 0.3) is 0 Å². The van der Waals surface area contributed by atoms with E-state index >= 15 is 0 Å². The van der Waals surface area contributed by atoms with Crippen molar-refractivity contribution < 1.29 is 4.79 Å². The number of aryl methyl sites for hydroxylation is 1. The summed E-state index contributed by atoms with van der Waals surface area (Å²) in [6.45, 7) is 7.27. The van der Waals surface area contributed by atoms with E-state index in [1.807, 2.05) is 11.0 Å². The van der Waals surface area contributed by atoms with E-state index in [0.29, 0.717) is 12.3 Å². The van der Waals surface area contributed by atoms with Crippen molar-refractivity contribution in [3.8, 4) is 0 Å². The minimum atomic E-state index is 0.118. The maximum absolute atomic E-state index is 12.5. The Morgan fingerprint density at radius 3 is 3.05 bits per heavy atom. The van der Waals surface area contributed by atoms with Gasteiger partial charge in [-0.1, -0.05) is 19.9 Å². The second kappa shape index (κ2) is 6.11. The maximum Gasteiger partial charge on any atom is 0.223 e. The minimum Gasteiger partial charge on any atom is -0.340 e. The Labute approximate surface area is 131 Å². The number of imidazole rings is 1. The van der Waals surface area contributed by atoms with Crippen molar-refractivity contribution in [1.29, 1.82) is 0 Å². The summed E-state index contributed by atoms with van der Waals surface area (Å²) in [6, 6.07) is 6.36. The first-order valence-electron chi connectivity index (χ1n) is 8.30. The summed E-state index contributed by atoms with van der Waals surface area (Å²) in [7, 11) is 0. The van der Waals surface area contributed by atoms with Crippen LogP contribution >= 0.6 is 0 Å². The maximum atomic E-state index is 12.5. The molecule has 2 aromatic rings. The van der Waals surface area contributed by atoms with Crippen molar-refractivity contribution in [2.45, 2.75) is 52.5 Å². The molecule has 1 N–H and O–H groups in total. The number of aromatic nitrogens is 2. The summed E-state index contributed by atoms with van der Waals surface area (Å²) >= 11 is 0. The third-order valence-corrected chi connectivity index (χ3v) is 4.48. The molecule has 1 aliphatic rings. The Morgan fingerprint density at radius 2 is 2.27 bits per heavy atom. The van der Waals surface area contributed by atoms with Gasteiger partial charge in [-0.3, -0.25) is 4.79 Å². The van der Waals surface area contributed by atoms with E-state index in [2.05, 4.69) is 37.9 Å². The first-order valence-corrected chi connectivity index (χ1v) is 8.30. The molecule has 0 aliphatic carbocycles. The molecule has 3 rings (SSSR count). The number of nitrogens with zero attached hydrogens (tertiary/aromatic N) is 2. The topological polar surface area (TPSA) is 49.0 Å². The van der Waals surface area contributed by atoms with E-state index in [1.165, 1.54) is 5.56 Å². The van der Waals surface area contributed by atoms with E-state index in [-0.39, 0.29) is 11.9 Å². The van der Waals surface area contributed by atoms with Crippen LogP contribution in [0.1, 0.15) is 57.0 Å². The van der Waals surface area contributed by atoms with Crippen molar-refractivity contribution in [1.82, 2.24) is 14.9 Å². The van der Waals surface area contributed by atoms with Gasteiger partial charge in [0, 0.05) is 13.0 Å². The van der Waals surface area contributed by atoms with E-state index in [4.69, 9.17) is 4.98 Å². The molecule has 0 saturated carbocycles. The molecule has 0 radical (unpaired) electrons. The van der Waals surface area contributed by atoms with Crippen LogP contribution in [0.25, 0.3) is 11.0 Å². The molecular formula is C18H25N3O. The van der Waals surface area contributed by atoms with Crippen molar-refractivity contribution in [3.05, 3.63) is 29.6 Å². The Kier molecular flexibility index (Phi) is 4.19. The summed E-state index contributed by atoms with van der Waals surface area (Å²) in [6.07, 6.45) is 3.68. The van der Waals surface area contributed by atoms with Gasteiger partial charge in [-0.05, 0) is 49.8 Å².